The van der Waals surface area contributed by atoms with Gasteiger partial charge in [0.1, 0.15) is 0 Å². The van der Waals surface area contributed by atoms with Gasteiger partial charge < -0.3 is 14.5 Å². The van der Waals surface area contributed by atoms with Crippen LogP contribution < -0.4 is 0 Å². The third-order valence-electron chi connectivity index (χ3n) is 3.92. The minimum atomic E-state index is 0.257. The van der Waals surface area contributed by atoms with Crippen molar-refractivity contribution in [2.24, 2.45) is 5.92 Å². The van der Waals surface area contributed by atoms with Gasteiger partial charge >= 0.3 is 0 Å². The molecule has 1 aliphatic rings. The molecule has 18 heavy (non-hydrogen) atoms. The zero-order valence-corrected chi connectivity index (χ0v) is 12.2. The molecule has 106 valence electrons. The largest absolute Gasteiger partial charge is 0.383 e. The van der Waals surface area contributed by atoms with Gasteiger partial charge in [0.25, 0.3) is 0 Å². The number of amides is 1. The summed E-state index contributed by atoms with van der Waals surface area (Å²) in [5.74, 6) is 1.04. The molecule has 4 nitrogen and oxygen atoms in total. The third kappa shape index (κ3) is 5.36. The highest BCUT2D eigenvalue weighted by atomic mass is 16.5. The molecule has 0 saturated carbocycles. The van der Waals surface area contributed by atoms with E-state index in [0.717, 1.165) is 32.0 Å². The molecule has 0 aromatic heterocycles. The van der Waals surface area contributed by atoms with Gasteiger partial charge in [0.15, 0.2) is 0 Å². The number of methoxy groups -OCH3 is 1. The standard InChI is InChI=1S/C14H28N2O2/c1-4-14(17)15(2)8-5-13-6-9-16(10-7-13)11-12-18-3/h13H,4-12H2,1-3H3. The quantitative estimate of drug-likeness (QED) is 0.693. The zero-order chi connectivity index (χ0) is 13.4. The van der Waals surface area contributed by atoms with Gasteiger partial charge in [-0.3, -0.25) is 4.79 Å². The van der Waals surface area contributed by atoms with Gasteiger partial charge in [-0.15, -0.1) is 0 Å². The summed E-state index contributed by atoms with van der Waals surface area (Å²) in [6, 6.07) is 0. The average molecular weight is 256 g/mol. The van der Waals surface area contributed by atoms with Gasteiger partial charge in [0.05, 0.1) is 6.61 Å². The van der Waals surface area contributed by atoms with Crippen LogP contribution in [0.5, 0.6) is 0 Å². The number of hydrogen-bond donors (Lipinski definition) is 0. The van der Waals surface area contributed by atoms with E-state index in [1.54, 1.807) is 7.11 Å². The van der Waals surface area contributed by atoms with Crippen LogP contribution in [0.15, 0.2) is 0 Å². The van der Waals surface area contributed by atoms with Crippen molar-refractivity contribution < 1.29 is 9.53 Å². The molecule has 1 fully saturated rings. The topological polar surface area (TPSA) is 32.8 Å². The van der Waals surface area contributed by atoms with Crippen molar-refractivity contribution in [2.75, 3.05) is 46.9 Å². The predicted octanol–water partition coefficient (Wildman–Crippen LogP) is 1.60. The number of likely N-dealkylation sites (tertiary alicyclic amines) is 1. The van der Waals surface area contributed by atoms with E-state index in [-0.39, 0.29) is 5.91 Å². The fraction of sp³-hybridized carbons (Fsp3) is 0.929. The maximum Gasteiger partial charge on any atom is 0.222 e. The van der Waals surface area contributed by atoms with E-state index in [1.807, 2.05) is 18.9 Å². The Hall–Kier alpha value is -0.610. The lowest BCUT2D eigenvalue weighted by Crippen LogP contribution is -2.37. The minimum Gasteiger partial charge on any atom is -0.383 e. The highest BCUT2D eigenvalue weighted by Gasteiger charge is 2.19. The number of nitrogens with zero attached hydrogens (tertiary/aromatic N) is 2. The van der Waals surface area contributed by atoms with Gasteiger partial charge in [-0.25, -0.2) is 0 Å². The van der Waals surface area contributed by atoms with Crippen LogP contribution in [0.4, 0.5) is 0 Å². The van der Waals surface area contributed by atoms with Crippen LogP contribution in [0.1, 0.15) is 32.6 Å². The SMILES string of the molecule is CCC(=O)N(C)CCC1CCN(CCOC)CC1. The Labute approximate surface area is 111 Å². The van der Waals surface area contributed by atoms with Crippen LogP contribution in [-0.4, -0.2) is 62.7 Å². The summed E-state index contributed by atoms with van der Waals surface area (Å²) in [6.07, 6.45) is 4.29. The van der Waals surface area contributed by atoms with Crippen molar-refractivity contribution in [3.8, 4) is 0 Å². The summed E-state index contributed by atoms with van der Waals surface area (Å²) in [5, 5.41) is 0. The maximum absolute atomic E-state index is 11.5. The monoisotopic (exact) mass is 256 g/mol. The molecular weight excluding hydrogens is 228 g/mol. The highest BCUT2D eigenvalue weighted by molar-refractivity contribution is 5.75. The minimum absolute atomic E-state index is 0.257. The molecule has 0 N–H and O–H groups in total. The number of carbonyl (C=O) groups excluding carboxylic acids is 1. The fourth-order valence-electron chi connectivity index (χ4n) is 2.49. The van der Waals surface area contributed by atoms with Crippen molar-refractivity contribution in [1.82, 2.24) is 9.80 Å². The van der Waals surface area contributed by atoms with E-state index in [0.29, 0.717) is 6.42 Å². The smallest absolute Gasteiger partial charge is 0.222 e. The molecule has 0 aromatic carbocycles. The molecular formula is C14H28N2O2. The lowest BCUT2D eigenvalue weighted by molar-refractivity contribution is -0.129. The molecule has 0 radical (unpaired) electrons. The van der Waals surface area contributed by atoms with Crippen molar-refractivity contribution >= 4 is 5.91 Å². The average Bonchev–Trinajstić information content (AvgIpc) is 2.42. The number of rotatable bonds is 7. The third-order valence-corrected chi connectivity index (χ3v) is 3.92. The second kappa shape index (κ2) is 8.48. The van der Waals surface area contributed by atoms with Crippen LogP contribution in [-0.2, 0) is 9.53 Å². The van der Waals surface area contributed by atoms with E-state index >= 15 is 0 Å². The highest BCUT2D eigenvalue weighted by Crippen LogP contribution is 2.20. The van der Waals surface area contributed by atoms with Crippen LogP contribution >= 0.6 is 0 Å². The fourth-order valence-corrected chi connectivity index (χ4v) is 2.49. The van der Waals surface area contributed by atoms with E-state index in [1.165, 1.54) is 25.9 Å². The maximum atomic E-state index is 11.5. The van der Waals surface area contributed by atoms with E-state index in [4.69, 9.17) is 4.74 Å². The van der Waals surface area contributed by atoms with Crippen molar-refractivity contribution in [1.29, 1.82) is 0 Å². The number of carbonyl (C=O) groups is 1. The first-order valence-corrected chi connectivity index (χ1v) is 7.12. The summed E-state index contributed by atoms with van der Waals surface area (Å²) >= 11 is 0. The van der Waals surface area contributed by atoms with Gasteiger partial charge in [-0.05, 0) is 38.3 Å². The van der Waals surface area contributed by atoms with Crippen molar-refractivity contribution in [3.05, 3.63) is 0 Å². The Morgan fingerprint density at radius 3 is 2.61 bits per heavy atom. The Bertz CT molecular complexity index is 238. The molecule has 0 atom stereocenters. The molecule has 4 heteroatoms. The number of piperidine rings is 1. The molecule has 1 rings (SSSR count). The first kappa shape index (κ1) is 15.4. The molecule has 1 saturated heterocycles. The molecule has 1 amide bonds. The summed E-state index contributed by atoms with van der Waals surface area (Å²) < 4.78 is 5.10. The number of hydrogen-bond acceptors (Lipinski definition) is 3. The van der Waals surface area contributed by atoms with Crippen LogP contribution in [0.3, 0.4) is 0 Å². The summed E-state index contributed by atoms with van der Waals surface area (Å²) in [6.45, 7) is 7.08. The van der Waals surface area contributed by atoms with Crippen molar-refractivity contribution in [2.45, 2.75) is 32.6 Å². The van der Waals surface area contributed by atoms with Crippen LogP contribution in [0, 0.1) is 5.92 Å². The first-order chi connectivity index (χ1) is 8.67. The van der Waals surface area contributed by atoms with E-state index in [2.05, 4.69) is 4.90 Å². The Morgan fingerprint density at radius 1 is 1.39 bits per heavy atom. The summed E-state index contributed by atoms with van der Waals surface area (Å²) in [5.41, 5.74) is 0. The van der Waals surface area contributed by atoms with Gasteiger partial charge in [0, 0.05) is 33.7 Å². The molecule has 0 aliphatic carbocycles. The van der Waals surface area contributed by atoms with Crippen LogP contribution in [0.2, 0.25) is 0 Å². The normalized spacial score (nSPS) is 17.9. The molecule has 0 bridgehead atoms. The Morgan fingerprint density at radius 2 is 2.06 bits per heavy atom. The van der Waals surface area contributed by atoms with Gasteiger partial charge in [0.2, 0.25) is 5.91 Å². The lowest BCUT2D eigenvalue weighted by atomic mass is 9.93. The zero-order valence-electron chi connectivity index (χ0n) is 12.2. The molecule has 0 spiro atoms. The first-order valence-electron chi connectivity index (χ1n) is 7.12. The molecule has 0 aromatic rings. The molecule has 0 unspecified atom stereocenters. The van der Waals surface area contributed by atoms with Crippen molar-refractivity contribution in [3.63, 3.8) is 0 Å². The van der Waals surface area contributed by atoms with E-state index < -0.39 is 0 Å². The second-order valence-corrected chi connectivity index (χ2v) is 5.24. The van der Waals surface area contributed by atoms with Gasteiger partial charge in [-0.1, -0.05) is 6.92 Å². The summed E-state index contributed by atoms with van der Waals surface area (Å²) in [7, 11) is 3.67. The molecule has 1 heterocycles. The number of ether oxygens (including phenoxy) is 1. The van der Waals surface area contributed by atoms with Crippen LogP contribution in [0.25, 0.3) is 0 Å². The second-order valence-electron chi connectivity index (χ2n) is 5.24. The molecule has 1 aliphatic heterocycles. The Kier molecular flexibility index (Phi) is 7.28. The summed E-state index contributed by atoms with van der Waals surface area (Å²) in [4.78, 5) is 15.8. The lowest BCUT2D eigenvalue weighted by Gasteiger charge is -2.32. The van der Waals surface area contributed by atoms with E-state index in [9.17, 15) is 4.79 Å². The predicted molar refractivity (Wildman–Crippen MR) is 73.6 cm³/mol. The van der Waals surface area contributed by atoms with Gasteiger partial charge in [-0.2, -0.15) is 0 Å². The Balaban J connectivity index is 2.13.